The van der Waals surface area contributed by atoms with Crippen LogP contribution in [-0.4, -0.2) is 46.9 Å². The van der Waals surface area contributed by atoms with Crippen LogP contribution in [0.1, 0.15) is 40.0 Å². The Morgan fingerprint density at radius 1 is 1.21 bits per heavy atom. The summed E-state index contributed by atoms with van der Waals surface area (Å²) in [5.74, 6) is 0.0872. The fraction of sp³-hybridized carbons (Fsp3) is 0.474. The molecule has 1 aliphatic heterocycles. The molecule has 0 bridgehead atoms. The highest BCUT2D eigenvalue weighted by atomic mass is 32.1. The second kappa shape index (κ2) is 7.90. The van der Waals surface area contributed by atoms with Crippen molar-refractivity contribution in [3.8, 4) is 0 Å². The maximum Gasteiger partial charge on any atom is 0.273 e. The molecule has 4 nitrogen and oxygen atoms in total. The summed E-state index contributed by atoms with van der Waals surface area (Å²) < 4.78 is 0. The highest BCUT2D eigenvalue weighted by Crippen LogP contribution is 2.16. The lowest BCUT2D eigenvalue weighted by atomic mass is 10.1. The Kier molecular flexibility index (Phi) is 5.63. The van der Waals surface area contributed by atoms with Gasteiger partial charge in [-0.05, 0) is 30.9 Å². The van der Waals surface area contributed by atoms with E-state index in [1.54, 1.807) is 11.3 Å². The average Bonchev–Trinajstić information content (AvgIpc) is 3.06. The number of aromatic nitrogens is 1. The zero-order valence-electron chi connectivity index (χ0n) is 14.5. The molecule has 2 aromatic rings. The smallest absolute Gasteiger partial charge is 0.273 e. The molecule has 1 saturated heterocycles. The maximum absolute atomic E-state index is 12.6. The van der Waals surface area contributed by atoms with Gasteiger partial charge in [0, 0.05) is 38.1 Å². The van der Waals surface area contributed by atoms with Gasteiger partial charge in [0.25, 0.3) is 5.91 Å². The van der Waals surface area contributed by atoms with E-state index in [0.29, 0.717) is 5.69 Å². The molecular formula is C19H25N3OS. The van der Waals surface area contributed by atoms with E-state index in [9.17, 15) is 4.79 Å². The quantitative estimate of drug-likeness (QED) is 0.835. The van der Waals surface area contributed by atoms with Gasteiger partial charge in [0.15, 0.2) is 0 Å². The predicted molar refractivity (Wildman–Crippen MR) is 98.5 cm³/mol. The van der Waals surface area contributed by atoms with Crippen molar-refractivity contribution < 1.29 is 4.79 Å². The third-order valence-electron chi connectivity index (χ3n) is 4.55. The lowest BCUT2D eigenvalue weighted by molar-refractivity contribution is 0.0623. The summed E-state index contributed by atoms with van der Waals surface area (Å²) in [6, 6.07) is 8.52. The average molecular weight is 343 g/mol. The van der Waals surface area contributed by atoms with Crippen molar-refractivity contribution in [2.24, 2.45) is 0 Å². The number of nitrogens with zero attached hydrogens (tertiary/aromatic N) is 3. The van der Waals surface area contributed by atoms with Crippen molar-refractivity contribution in [2.75, 3.05) is 26.2 Å². The molecule has 0 radical (unpaired) electrons. The number of thiazole rings is 1. The Morgan fingerprint density at radius 3 is 2.67 bits per heavy atom. The molecule has 0 N–H and O–H groups in total. The van der Waals surface area contributed by atoms with Gasteiger partial charge in [-0.3, -0.25) is 9.69 Å². The van der Waals surface area contributed by atoms with Crippen LogP contribution in [0.4, 0.5) is 0 Å². The molecule has 128 valence electrons. The Bertz CT molecular complexity index is 689. The number of aryl methyl sites for hydroxylation is 2. The van der Waals surface area contributed by atoms with Gasteiger partial charge in [-0.15, -0.1) is 11.3 Å². The monoisotopic (exact) mass is 343 g/mol. The van der Waals surface area contributed by atoms with Gasteiger partial charge < -0.3 is 4.90 Å². The Balaban J connectivity index is 1.54. The number of hydrogen-bond acceptors (Lipinski definition) is 4. The largest absolute Gasteiger partial charge is 0.335 e. The van der Waals surface area contributed by atoms with E-state index in [0.717, 1.165) is 50.6 Å². The van der Waals surface area contributed by atoms with Crippen LogP contribution in [0.15, 0.2) is 29.6 Å². The molecule has 5 heteroatoms. The summed E-state index contributed by atoms with van der Waals surface area (Å²) in [6.45, 7) is 8.67. The number of amides is 1. The lowest BCUT2D eigenvalue weighted by Gasteiger charge is -2.34. The first kappa shape index (κ1) is 17.1. The van der Waals surface area contributed by atoms with E-state index in [4.69, 9.17) is 0 Å². The summed E-state index contributed by atoms with van der Waals surface area (Å²) >= 11 is 1.60. The minimum absolute atomic E-state index is 0.0872. The van der Waals surface area contributed by atoms with Gasteiger partial charge in [0.2, 0.25) is 0 Å². The van der Waals surface area contributed by atoms with Crippen molar-refractivity contribution in [1.29, 1.82) is 0 Å². The fourth-order valence-electron chi connectivity index (χ4n) is 3.04. The van der Waals surface area contributed by atoms with Crippen LogP contribution in [0.5, 0.6) is 0 Å². The first-order valence-corrected chi connectivity index (χ1v) is 9.56. The van der Waals surface area contributed by atoms with E-state index >= 15 is 0 Å². The summed E-state index contributed by atoms with van der Waals surface area (Å²) in [5, 5.41) is 2.98. The molecule has 1 amide bonds. The van der Waals surface area contributed by atoms with Crippen molar-refractivity contribution in [1.82, 2.24) is 14.8 Å². The molecule has 0 aliphatic carbocycles. The number of carbonyl (C=O) groups is 1. The van der Waals surface area contributed by atoms with E-state index in [1.807, 2.05) is 10.3 Å². The van der Waals surface area contributed by atoms with Crippen molar-refractivity contribution in [3.05, 3.63) is 51.5 Å². The standard InChI is InChI=1S/C19H25N3OS/c1-3-6-18-20-17(14-24-18)19(23)22-11-9-21(10-12-22)13-16-8-5-4-7-15(16)2/h4-5,7-8,14H,3,6,9-13H2,1-2H3. The molecule has 3 rings (SSSR count). The van der Waals surface area contributed by atoms with Gasteiger partial charge in [0.05, 0.1) is 5.01 Å². The first-order valence-electron chi connectivity index (χ1n) is 8.68. The number of hydrogen-bond donors (Lipinski definition) is 0. The van der Waals surface area contributed by atoms with Crippen molar-refractivity contribution in [2.45, 2.75) is 33.2 Å². The zero-order chi connectivity index (χ0) is 16.9. The molecule has 1 fully saturated rings. The third kappa shape index (κ3) is 4.02. The number of carbonyl (C=O) groups excluding carboxylic acids is 1. The first-order chi connectivity index (χ1) is 11.7. The fourth-order valence-corrected chi connectivity index (χ4v) is 3.91. The van der Waals surface area contributed by atoms with Gasteiger partial charge >= 0.3 is 0 Å². The van der Waals surface area contributed by atoms with Crippen LogP contribution in [-0.2, 0) is 13.0 Å². The Morgan fingerprint density at radius 2 is 1.96 bits per heavy atom. The molecule has 24 heavy (non-hydrogen) atoms. The molecule has 2 heterocycles. The van der Waals surface area contributed by atoms with E-state index in [2.05, 4.69) is 48.0 Å². The van der Waals surface area contributed by atoms with E-state index in [-0.39, 0.29) is 5.91 Å². The van der Waals surface area contributed by atoms with Crippen molar-refractivity contribution in [3.63, 3.8) is 0 Å². The third-order valence-corrected chi connectivity index (χ3v) is 5.46. The van der Waals surface area contributed by atoms with Crippen LogP contribution in [0, 0.1) is 6.92 Å². The lowest BCUT2D eigenvalue weighted by Crippen LogP contribution is -2.48. The second-order valence-corrected chi connectivity index (χ2v) is 7.31. The predicted octanol–water partition coefficient (Wildman–Crippen LogP) is 3.36. The molecule has 1 aromatic carbocycles. The number of rotatable bonds is 5. The summed E-state index contributed by atoms with van der Waals surface area (Å²) in [7, 11) is 0. The zero-order valence-corrected chi connectivity index (χ0v) is 15.3. The Labute approximate surface area is 148 Å². The van der Waals surface area contributed by atoms with Gasteiger partial charge in [-0.2, -0.15) is 0 Å². The van der Waals surface area contributed by atoms with Crippen LogP contribution in [0.2, 0.25) is 0 Å². The van der Waals surface area contributed by atoms with Gasteiger partial charge in [-0.25, -0.2) is 4.98 Å². The van der Waals surface area contributed by atoms with E-state index < -0.39 is 0 Å². The van der Waals surface area contributed by atoms with Crippen LogP contribution in [0.3, 0.4) is 0 Å². The van der Waals surface area contributed by atoms with Crippen LogP contribution in [0.25, 0.3) is 0 Å². The summed E-state index contributed by atoms with van der Waals surface area (Å²) in [5.41, 5.74) is 3.33. The molecule has 1 aromatic heterocycles. The van der Waals surface area contributed by atoms with Gasteiger partial charge in [0.1, 0.15) is 5.69 Å². The highest BCUT2D eigenvalue weighted by Gasteiger charge is 2.23. The molecule has 1 aliphatic rings. The van der Waals surface area contributed by atoms with Crippen molar-refractivity contribution >= 4 is 17.2 Å². The minimum atomic E-state index is 0.0872. The summed E-state index contributed by atoms with van der Waals surface area (Å²) in [6.07, 6.45) is 2.03. The number of benzene rings is 1. The van der Waals surface area contributed by atoms with Crippen LogP contribution >= 0.6 is 11.3 Å². The molecule has 0 saturated carbocycles. The SMILES string of the molecule is CCCc1nc(C(=O)N2CCN(Cc3ccccc3C)CC2)cs1. The topological polar surface area (TPSA) is 36.4 Å². The molecule has 0 atom stereocenters. The molecular weight excluding hydrogens is 318 g/mol. The van der Waals surface area contributed by atoms with Crippen LogP contribution < -0.4 is 0 Å². The number of piperazine rings is 1. The highest BCUT2D eigenvalue weighted by molar-refractivity contribution is 7.09. The molecule has 0 spiro atoms. The second-order valence-electron chi connectivity index (χ2n) is 6.37. The molecule has 0 unspecified atom stereocenters. The summed E-state index contributed by atoms with van der Waals surface area (Å²) in [4.78, 5) is 21.4. The van der Waals surface area contributed by atoms with Gasteiger partial charge in [-0.1, -0.05) is 31.2 Å². The normalized spacial score (nSPS) is 15.7. The minimum Gasteiger partial charge on any atom is -0.335 e. The maximum atomic E-state index is 12.6. The van der Waals surface area contributed by atoms with E-state index in [1.165, 1.54) is 11.1 Å². The Hall–Kier alpha value is -1.72.